The summed E-state index contributed by atoms with van der Waals surface area (Å²) in [4.78, 5) is 18.6. The lowest BCUT2D eigenvalue weighted by molar-refractivity contribution is 0.102. The first-order valence-corrected chi connectivity index (χ1v) is 9.42. The first kappa shape index (κ1) is 19.7. The van der Waals surface area contributed by atoms with Crippen LogP contribution in [0.4, 0.5) is 17.1 Å². The summed E-state index contributed by atoms with van der Waals surface area (Å²) in [7, 11) is 3.95. The van der Waals surface area contributed by atoms with Gasteiger partial charge in [-0.25, -0.2) is 4.98 Å². The molecule has 1 heterocycles. The second-order valence-electron chi connectivity index (χ2n) is 6.63. The molecule has 0 unspecified atom stereocenters. The van der Waals surface area contributed by atoms with Gasteiger partial charge in [0, 0.05) is 37.0 Å². The average Bonchev–Trinajstić information content (AvgIpc) is 2.70. The van der Waals surface area contributed by atoms with Crippen LogP contribution in [0.25, 0.3) is 0 Å². The molecule has 3 aromatic rings. The van der Waals surface area contributed by atoms with Crippen molar-refractivity contribution in [3.63, 3.8) is 0 Å². The Balaban J connectivity index is 1.51. The standard InChI is InChI=1S/C22H23ClN4O/c1-27(2)20-10-7-18(8-11-20)26-22(28)21-12-9-19(15-25-21)24-14-13-16-3-5-17(23)6-4-16/h3-12,15,24H,13-14H2,1-2H3,(H,26,28). The summed E-state index contributed by atoms with van der Waals surface area (Å²) in [6.07, 6.45) is 2.55. The fourth-order valence-corrected chi connectivity index (χ4v) is 2.80. The van der Waals surface area contributed by atoms with Crippen LogP contribution in [0.5, 0.6) is 0 Å². The van der Waals surface area contributed by atoms with Crippen molar-refractivity contribution >= 4 is 34.6 Å². The van der Waals surface area contributed by atoms with Gasteiger partial charge in [0.1, 0.15) is 5.69 Å². The number of amides is 1. The van der Waals surface area contributed by atoms with Gasteiger partial charge < -0.3 is 15.5 Å². The highest BCUT2D eigenvalue weighted by atomic mass is 35.5. The van der Waals surface area contributed by atoms with Gasteiger partial charge in [-0.1, -0.05) is 23.7 Å². The predicted octanol–water partition coefficient (Wildman–Crippen LogP) is 4.71. The van der Waals surface area contributed by atoms with Crippen molar-refractivity contribution in [1.29, 1.82) is 0 Å². The van der Waals surface area contributed by atoms with Crippen molar-refractivity contribution in [2.45, 2.75) is 6.42 Å². The van der Waals surface area contributed by atoms with Crippen molar-refractivity contribution in [2.75, 3.05) is 36.2 Å². The van der Waals surface area contributed by atoms with E-state index in [0.29, 0.717) is 5.69 Å². The summed E-state index contributed by atoms with van der Waals surface area (Å²) in [5.74, 6) is -0.231. The van der Waals surface area contributed by atoms with Crippen LogP contribution < -0.4 is 15.5 Å². The molecule has 0 radical (unpaired) electrons. The largest absolute Gasteiger partial charge is 0.383 e. The van der Waals surface area contributed by atoms with Gasteiger partial charge in [0.2, 0.25) is 0 Å². The highest BCUT2D eigenvalue weighted by Gasteiger charge is 2.08. The Morgan fingerprint density at radius 3 is 2.25 bits per heavy atom. The van der Waals surface area contributed by atoms with E-state index in [1.807, 2.05) is 73.6 Å². The van der Waals surface area contributed by atoms with E-state index in [1.54, 1.807) is 12.3 Å². The number of aromatic nitrogens is 1. The average molecular weight is 395 g/mol. The minimum atomic E-state index is -0.231. The summed E-state index contributed by atoms with van der Waals surface area (Å²) in [6, 6.07) is 19.0. The first-order chi connectivity index (χ1) is 13.5. The smallest absolute Gasteiger partial charge is 0.274 e. The van der Waals surface area contributed by atoms with E-state index in [9.17, 15) is 4.79 Å². The number of hydrogen-bond donors (Lipinski definition) is 2. The minimum absolute atomic E-state index is 0.231. The van der Waals surface area contributed by atoms with Crippen molar-refractivity contribution in [3.05, 3.63) is 83.1 Å². The van der Waals surface area contributed by atoms with Crippen molar-refractivity contribution < 1.29 is 4.79 Å². The van der Waals surface area contributed by atoms with Crippen LogP contribution in [0, 0.1) is 0 Å². The Hall–Kier alpha value is -3.05. The van der Waals surface area contributed by atoms with Gasteiger partial charge in [0.05, 0.1) is 11.9 Å². The number of carbonyl (C=O) groups excluding carboxylic acids is 1. The number of rotatable bonds is 7. The summed E-state index contributed by atoms with van der Waals surface area (Å²) in [6.45, 7) is 0.771. The van der Waals surface area contributed by atoms with Crippen LogP contribution in [0.3, 0.4) is 0 Å². The van der Waals surface area contributed by atoms with E-state index in [-0.39, 0.29) is 5.91 Å². The number of pyridine rings is 1. The molecule has 0 saturated carbocycles. The highest BCUT2D eigenvalue weighted by molar-refractivity contribution is 6.30. The number of hydrogen-bond acceptors (Lipinski definition) is 4. The molecule has 0 fully saturated rings. The molecule has 144 valence electrons. The Kier molecular flexibility index (Phi) is 6.50. The lowest BCUT2D eigenvalue weighted by Gasteiger charge is -2.13. The molecule has 1 aromatic heterocycles. The molecule has 0 spiro atoms. The molecule has 2 aromatic carbocycles. The van der Waals surface area contributed by atoms with Crippen LogP contribution in [-0.2, 0) is 6.42 Å². The van der Waals surface area contributed by atoms with E-state index in [2.05, 4.69) is 15.6 Å². The Bertz CT molecular complexity index is 907. The lowest BCUT2D eigenvalue weighted by Crippen LogP contribution is -2.14. The third kappa shape index (κ3) is 5.47. The number of anilines is 3. The molecule has 0 saturated heterocycles. The molecule has 0 aliphatic carbocycles. The maximum Gasteiger partial charge on any atom is 0.274 e. The van der Waals surface area contributed by atoms with Crippen LogP contribution in [0.2, 0.25) is 5.02 Å². The topological polar surface area (TPSA) is 57.3 Å². The fourth-order valence-electron chi connectivity index (χ4n) is 2.67. The van der Waals surface area contributed by atoms with Crippen molar-refractivity contribution in [1.82, 2.24) is 4.98 Å². The van der Waals surface area contributed by atoms with Gasteiger partial charge in [0.15, 0.2) is 0 Å². The van der Waals surface area contributed by atoms with Crippen LogP contribution in [0.1, 0.15) is 16.1 Å². The maximum atomic E-state index is 12.4. The molecule has 1 amide bonds. The monoisotopic (exact) mass is 394 g/mol. The van der Waals surface area contributed by atoms with Crippen LogP contribution in [0.15, 0.2) is 66.9 Å². The summed E-state index contributed by atoms with van der Waals surface area (Å²) >= 11 is 5.89. The van der Waals surface area contributed by atoms with E-state index >= 15 is 0 Å². The van der Waals surface area contributed by atoms with Gasteiger partial charge in [-0.2, -0.15) is 0 Å². The van der Waals surface area contributed by atoms with Gasteiger partial charge in [-0.15, -0.1) is 0 Å². The zero-order chi connectivity index (χ0) is 19.9. The Labute approximate surface area is 170 Å². The summed E-state index contributed by atoms with van der Waals surface area (Å²) < 4.78 is 0. The molecule has 6 heteroatoms. The van der Waals surface area contributed by atoms with Crippen molar-refractivity contribution in [2.24, 2.45) is 0 Å². The van der Waals surface area contributed by atoms with Crippen LogP contribution in [-0.4, -0.2) is 31.5 Å². The van der Waals surface area contributed by atoms with E-state index in [4.69, 9.17) is 11.6 Å². The number of carbonyl (C=O) groups is 1. The molecule has 28 heavy (non-hydrogen) atoms. The third-order valence-electron chi connectivity index (χ3n) is 4.29. The van der Waals surface area contributed by atoms with Gasteiger partial charge >= 0.3 is 0 Å². The first-order valence-electron chi connectivity index (χ1n) is 9.04. The molecule has 0 atom stereocenters. The number of nitrogens with one attached hydrogen (secondary N) is 2. The Morgan fingerprint density at radius 2 is 1.64 bits per heavy atom. The molecule has 0 aliphatic rings. The fraction of sp³-hybridized carbons (Fsp3) is 0.182. The molecule has 0 bridgehead atoms. The van der Waals surface area contributed by atoms with Gasteiger partial charge in [-0.3, -0.25) is 4.79 Å². The summed E-state index contributed by atoms with van der Waals surface area (Å²) in [5, 5.41) is 6.91. The normalized spacial score (nSPS) is 10.4. The number of benzene rings is 2. The second kappa shape index (κ2) is 9.24. The summed E-state index contributed by atoms with van der Waals surface area (Å²) in [5.41, 5.74) is 4.27. The molecule has 3 rings (SSSR count). The van der Waals surface area contributed by atoms with E-state index < -0.39 is 0 Å². The van der Waals surface area contributed by atoms with E-state index in [0.717, 1.165) is 35.1 Å². The molecule has 5 nitrogen and oxygen atoms in total. The number of nitrogens with zero attached hydrogens (tertiary/aromatic N) is 2. The minimum Gasteiger partial charge on any atom is -0.383 e. The van der Waals surface area contributed by atoms with E-state index in [1.165, 1.54) is 5.56 Å². The Morgan fingerprint density at radius 1 is 0.964 bits per heavy atom. The maximum absolute atomic E-state index is 12.4. The SMILES string of the molecule is CN(C)c1ccc(NC(=O)c2ccc(NCCc3ccc(Cl)cc3)cn2)cc1. The molecule has 0 aliphatic heterocycles. The molecular weight excluding hydrogens is 372 g/mol. The molecule has 2 N–H and O–H groups in total. The van der Waals surface area contributed by atoms with Gasteiger partial charge in [-0.05, 0) is 60.5 Å². The quantitative estimate of drug-likeness (QED) is 0.609. The highest BCUT2D eigenvalue weighted by Crippen LogP contribution is 2.16. The van der Waals surface area contributed by atoms with Crippen LogP contribution >= 0.6 is 11.6 Å². The zero-order valence-electron chi connectivity index (χ0n) is 15.9. The zero-order valence-corrected chi connectivity index (χ0v) is 16.7. The second-order valence-corrected chi connectivity index (χ2v) is 7.07. The lowest BCUT2D eigenvalue weighted by atomic mass is 10.1. The molecular formula is C22H23ClN4O. The van der Waals surface area contributed by atoms with Crippen molar-refractivity contribution in [3.8, 4) is 0 Å². The predicted molar refractivity (Wildman–Crippen MR) is 117 cm³/mol. The van der Waals surface area contributed by atoms with Gasteiger partial charge in [0.25, 0.3) is 5.91 Å². The third-order valence-corrected chi connectivity index (χ3v) is 4.55. The number of halogens is 1.